The molecule has 0 atom stereocenters. The molecule has 8 heteroatoms. The number of guanidine groups is 1. The third kappa shape index (κ3) is 5.50. The van der Waals surface area contributed by atoms with E-state index >= 15 is 0 Å². The van der Waals surface area contributed by atoms with Crippen molar-refractivity contribution in [1.29, 1.82) is 0 Å². The molecule has 0 radical (unpaired) electrons. The maximum absolute atomic E-state index is 6.17. The van der Waals surface area contributed by atoms with Crippen LogP contribution in [-0.2, 0) is 6.42 Å². The SMILES string of the molecule is CSc1nnc(CCCN=C(N)N2CCC(C)CC2)n1C1CCCC1.I. The van der Waals surface area contributed by atoms with Crippen molar-refractivity contribution in [3.05, 3.63) is 5.82 Å². The van der Waals surface area contributed by atoms with E-state index in [4.69, 9.17) is 5.73 Å². The van der Waals surface area contributed by atoms with Gasteiger partial charge in [0.2, 0.25) is 0 Å². The van der Waals surface area contributed by atoms with Gasteiger partial charge in [-0.05, 0) is 44.3 Å². The van der Waals surface area contributed by atoms with E-state index in [0.29, 0.717) is 12.0 Å². The molecule has 26 heavy (non-hydrogen) atoms. The van der Waals surface area contributed by atoms with E-state index in [1.54, 1.807) is 11.8 Å². The summed E-state index contributed by atoms with van der Waals surface area (Å²) in [6, 6.07) is 0.594. The van der Waals surface area contributed by atoms with Gasteiger partial charge < -0.3 is 15.2 Å². The fourth-order valence-electron chi connectivity index (χ4n) is 3.91. The third-order valence-electron chi connectivity index (χ3n) is 5.55. The zero-order valence-electron chi connectivity index (χ0n) is 16.1. The van der Waals surface area contributed by atoms with E-state index in [1.165, 1.54) is 38.5 Å². The van der Waals surface area contributed by atoms with Crippen LogP contribution in [0.2, 0.25) is 0 Å². The number of aryl methyl sites for hydroxylation is 1. The van der Waals surface area contributed by atoms with Crippen molar-refractivity contribution in [2.45, 2.75) is 69.5 Å². The number of aromatic nitrogens is 3. The fraction of sp³-hybridized carbons (Fsp3) is 0.833. The summed E-state index contributed by atoms with van der Waals surface area (Å²) in [7, 11) is 0. The minimum Gasteiger partial charge on any atom is -0.370 e. The van der Waals surface area contributed by atoms with Gasteiger partial charge in [-0.15, -0.1) is 34.2 Å². The molecule has 0 aromatic carbocycles. The lowest BCUT2D eigenvalue weighted by Crippen LogP contribution is -2.42. The molecule has 0 amide bonds. The van der Waals surface area contributed by atoms with Crippen molar-refractivity contribution in [1.82, 2.24) is 19.7 Å². The highest BCUT2D eigenvalue weighted by Crippen LogP contribution is 2.33. The lowest BCUT2D eigenvalue weighted by atomic mass is 10.00. The second-order valence-corrected chi connectivity index (χ2v) is 8.20. The zero-order valence-corrected chi connectivity index (χ0v) is 19.2. The number of piperidine rings is 1. The lowest BCUT2D eigenvalue weighted by Gasteiger charge is -2.31. The average Bonchev–Trinajstić information content (AvgIpc) is 3.28. The summed E-state index contributed by atoms with van der Waals surface area (Å²) in [6.07, 6.45) is 11.6. The fourth-order valence-corrected chi connectivity index (χ4v) is 4.49. The van der Waals surface area contributed by atoms with E-state index in [2.05, 4.69) is 37.8 Å². The van der Waals surface area contributed by atoms with Gasteiger partial charge in [0.05, 0.1) is 0 Å². The van der Waals surface area contributed by atoms with E-state index in [1.807, 2.05) is 0 Å². The van der Waals surface area contributed by atoms with Crippen LogP contribution in [0.4, 0.5) is 0 Å². The van der Waals surface area contributed by atoms with Gasteiger partial charge in [-0.1, -0.05) is 31.5 Å². The monoisotopic (exact) mass is 492 g/mol. The highest BCUT2D eigenvalue weighted by atomic mass is 127. The van der Waals surface area contributed by atoms with Crippen LogP contribution in [0, 0.1) is 5.92 Å². The molecule has 2 fully saturated rings. The van der Waals surface area contributed by atoms with E-state index in [9.17, 15) is 0 Å². The number of halogens is 1. The molecule has 1 aromatic rings. The van der Waals surface area contributed by atoms with Crippen LogP contribution < -0.4 is 5.73 Å². The first kappa shape index (κ1) is 21.8. The van der Waals surface area contributed by atoms with Gasteiger partial charge in [0.25, 0.3) is 0 Å². The summed E-state index contributed by atoms with van der Waals surface area (Å²) in [5, 5.41) is 9.89. The second-order valence-electron chi connectivity index (χ2n) is 7.42. The third-order valence-corrected chi connectivity index (χ3v) is 6.19. The van der Waals surface area contributed by atoms with Crippen LogP contribution >= 0.6 is 35.7 Å². The van der Waals surface area contributed by atoms with Crippen molar-refractivity contribution in [2.75, 3.05) is 25.9 Å². The molecule has 0 unspecified atom stereocenters. The van der Waals surface area contributed by atoms with E-state index in [-0.39, 0.29) is 24.0 Å². The number of likely N-dealkylation sites (tertiary alicyclic amines) is 1. The number of hydrogen-bond acceptors (Lipinski definition) is 4. The van der Waals surface area contributed by atoms with Crippen LogP contribution in [0.25, 0.3) is 0 Å². The van der Waals surface area contributed by atoms with Crippen molar-refractivity contribution >= 4 is 41.7 Å². The predicted molar refractivity (Wildman–Crippen MR) is 120 cm³/mol. The number of nitrogens with zero attached hydrogens (tertiary/aromatic N) is 5. The first-order chi connectivity index (χ1) is 12.2. The van der Waals surface area contributed by atoms with Crippen LogP contribution in [-0.4, -0.2) is 51.5 Å². The molecule has 2 N–H and O–H groups in total. The number of thioether (sulfide) groups is 1. The Morgan fingerprint density at radius 3 is 2.54 bits per heavy atom. The first-order valence-electron chi connectivity index (χ1n) is 9.71. The molecule has 1 saturated carbocycles. The largest absolute Gasteiger partial charge is 0.370 e. The molecule has 0 spiro atoms. The normalized spacial score (nSPS) is 19.8. The maximum Gasteiger partial charge on any atom is 0.191 e. The molecule has 2 aliphatic rings. The van der Waals surface area contributed by atoms with Gasteiger partial charge in [-0.2, -0.15) is 0 Å². The Morgan fingerprint density at radius 2 is 1.88 bits per heavy atom. The average molecular weight is 492 g/mol. The van der Waals surface area contributed by atoms with Gasteiger partial charge in [0, 0.05) is 32.1 Å². The van der Waals surface area contributed by atoms with Gasteiger partial charge in [0.1, 0.15) is 5.82 Å². The minimum absolute atomic E-state index is 0. The minimum atomic E-state index is 0. The number of nitrogens with two attached hydrogens (primary N) is 1. The van der Waals surface area contributed by atoms with Crippen molar-refractivity contribution < 1.29 is 0 Å². The van der Waals surface area contributed by atoms with E-state index < -0.39 is 0 Å². The number of hydrogen-bond donors (Lipinski definition) is 1. The Balaban J connectivity index is 0.00000243. The van der Waals surface area contributed by atoms with Gasteiger partial charge in [-0.25, -0.2) is 0 Å². The molecule has 1 saturated heterocycles. The Kier molecular flexibility index (Phi) is 8.99. The Bertz CT molecular complexity index is 576. The standard InChI is InChI=1S/C18H32N6S.HI/c1-14-9-12-23(13-10-14)17(19)20-11-5-8-16-21-22-18(25-2)24(16)15-6-3-4-7-15;/h14-15H,3-13H2,1-2H3,(H2,19,20);1H. The molecule has 148 valence electrons. The summed E-state index contributed by atoms with van der Waals surface area (Å²) in [4.78, 5) is 6.83. The molecule has 1 aliphatic heterocycles. The Hall–Kier alpha value is -0.510. The highest BCUT2D eigenvalue weighted by Gasteiger charge is 2.23. The van der Waals surface area contributed by atoms with Gasteiger partial charge in [0.15, 0.2) is 11.1 Å². The summed E-state index contributed by atoms with van der Waals surface area (Å²) in [5.41, 5.74) is 6.17. The van der Waals surface area contributed by atoms with Crippen molar-refractivity contribution in [3.8, 4) is 0 Å². The van der Waals surface area contributed by atoms with Crippen molar-refractivity contribution in [3.63, 3.8) is 0 Å². The Labute approximate surface area is 178 Å². The Morgan fingerprint density at radius 1 is 1.19 bits per heavy atom. The summed E-state index contributed by atoms with van der Waals surface area (Å²) in [6.45, 7) is 5.17. The quantitative estimate of drug-likeness (QED) is 0.216. The molecule has 3 rings (SSSR count). The lowest BCUT2D eigenvalue weighted by molar-refractivity contribution is 0.277. The molecule has 0 bridgehead atoms. The van der Waals surface area contributed by atoms with Gasteiger partial charge >= 0.3 is 0 Å². The molecule has 2 heterocycles. The van der Waals surface area contributed by atoms with E-state index in [0.717, 1.165) is 49.4 Å². The summed E-state index contributed by atoms with van der Waals surface area (Å²) in [5.74, 6) is 2.66. The van der Waals surface area contributed by atoms with Crippen LogP contribution in [0.3, 0.4) is 0 Å². The van der Waals surface area contributed by atoms with Crippen LogP contribution in [0.5, 0.6) is 0 Å². The topological polar surface area (TPSA) is 72.3 Å². The van der Waals surface area contributed by atoms with Crippen LogP contribution in [0.15, 0.2) is 10.1 Å². The van der Waals surface area contributed by atoms with Crippen molar-refractivity contribution in [2.24, 2.45) is 16.6 Å². The number of aliphatic imine (C=N–C) groups is 1. The summed E-state index contributed by atoms with van der Waals surface area (Å²) >= 11 is 1.70. The molecule has 1 aliphatic carbocycles. The molecular formula is C18H33IN6S. The molecular weight excluding hydrogens is 459 g/mol. The zero-order chi connectivity index (χ0) is 17.6. The first-order valence-corrected chi connectivity index (χ1v) is 10.9. The number of rotatable bonds is 6. The smallest absolute Gasteiger partial charge is 0.191 e. The predicted octanol–water partition coefficient (Wildman–Crippen LogP) is 3.71. The summed E-state index contributed by atoms with van der Waals surface area (Å²) < 4.78 is 2.39. The van der Waals surface area contributed by atoms with Gasteiger partial charge in [-0.3, -0.25) is 4.99 Å². The maximum atomic E-state index is 6.17. The van der Waals surface area contributed by atoms with Crippen LogP contribution in [0.1, 0.15) is 63.7 Å². The highest BCUT2D eigenvalue weighted by molar-refractivity contribution is 14.0. The second kappa shape index (κ2) is 10.7. The molecule has 6 nitrogen and oxygen atoms in total. The molecule has 1 aromatic heterocycles.